The van der Waals surface area contributed by atoms with E-state index < -0.39 is 6.04 Å². The zero-order chi connectivity index (χ0) is 25.0. The number of aryl methyl sites for hydroxylation is 1. The normalized spacial score (nSPS) is 12.5. The summed E-state index contributed by atoms with van der Waals surface area (Å²) in [7, 11) is 0. The van der Waals surface area contributed by atoms with E-state index in [0.717, 1.165) is 28.0 Å². The first kappa shape index (κ1) is 26.6. The van der Waals surface area contributed by atoms with Crippen molar-refractivity contribution in [1.29, 1.82) is 0 Å². The van der Waals surface area contributed by atoms with Crippen LogP contribution in [0.25, 0.3) is 0 Å². The molecule has 0 fully saturated rings. The van der Waals surface area contributed by atoms with Gasteiger partial charge in [0.25, 0.3) is 0 Å². The highest BCUT2D eigenvalue weighted by atomic mass is 32.2. The summed E-state index contributed by atoms with van der Waals surface area (Å²) >= 11 is 1.67. The van der Waals surface area contributed by atoms with Crippen molar-refractivity contribution in [1.82, 2.24) is 10.2 Å². The van der Waals surface area contributed by atoms with Crippen LogP contribution in [0.3, 0.4) is 0 Å². The fourth-order valence-corrected chi connectivity index (χ4v) is 4.78. The Labute approximate surface area is 214 Å². The first-order valence-corrected chi connectivity index (χ1v) is 13.3. The van der Waals surface area contributed by atoms with Crippen LogP contribution in [0.5, 0.6) is 0 Å². The Hall–Kier alpha value is -3.05. The highest BCUT2D eigenvalue weighted by Crippen LogP contribution is 2.21. The Kier molecular flexibility index (Phi) is 10.4. The topological polar surface area (TPSA) is 49.4 Å². The molecule has 35 heavy (non-hydrogen) atoms. The largest absolute Gasteiger partial charge is 0.352 e. The van der Waals surface area contributed by atoms with Crippen molar-refractivity contribution in [3.05, 3.63) is 102 Å². The second kappa shape index (κ2) is 13.7. The predicted octanol–water partition coefficient (Wildman–Crippen LogP) is 6.03. The van der Waals surface area contributed by atoms with Gasteiger partial charge in [-0.05, 0) is 43.5 Å². The Morgan fingerprint density at radius 1 is 0.914 bits per heavy atom. The van der Waals surface area contributed by atoms with Crippen molar-refractivity contribution in [2.75, 3.05) is 5.75 Å². The molecule has 0 aromatic heterocycles. The molecule has 2 atom stereocenters. The fourth-order valence-electron chi connectivity index (χ4n) is 3.92. The van der Waals surface area contributed by atoms with Crippen LogP contribution in [-0.4, -0.2) is 34.6 Å². The monoisotopic (exact) mass is 488 g/mol. The van der Waals surface area contributed by atoms with Crippen molar-refractivity contribution in [2.45, 2.75) is 63.6 Å². The van der Waals surface area contributed by atoms with Gasteiger partial charge in [-0.1, -0.05) is 85.3 Å². The third kappa shape index (κ3) is 8.59. The summed E-state index contributed by atoms with van der Waals surface area (Å²) in [6.07, 6.45) is 1.68. The summed E-state index contributed by atoms with van der Waals surface area (Å²) in [6, 6.07) is 27.7. The number of carbonyl (C=O) groups excluding carboxylic acids is 2. The van der Waals surface area contributed by atoms with Gasteiger partial charge < -0.3 is 10.2 Å². The van der Waals surface area contributed by atoms with E-state index in [0.29, 0.717) is 25.1 Å². The van der Waals surface area contributed by atoms with Gasteiger partial charge in [0.1, 0.15) is 6.04 Å². The van der Waals surface area contributed by atoms with Gasteiger partial charge in [-0.2, -0.15) is 0 Å². The summed E-state index contributed by atoms with van der Waals surface area (Å²) in [5.41, 5.74) is 3.21. The molecule has 0 spiro atoms. The molecule has 0 saturated heterocycles. The van der Waals surface area contributed by atoms with Gasteiger partial charge in [-0.15, -0.1) is 11.8 Å². The number of nitrogens with zero attached hydrogens (tertiary/aromatic N) is 1. The minimum Gasteiger partial charge on any atom is -0.352 e. The molecule has 0 radical (unpaired) electrons. The summed E-state index contributed by atoms with van der Waals surface area (Å²) in [5.74, 6) is 0.563. The zero-order valence-electron chi connectivity index (χ0n) is 20.9. The summed E-state index contributed by atoms with van der Waals surface area (Å²) in [6.45, 7) is 6.50. The van der Waals surface area contributed by atoms with Crippen molar-refractivity contribution >= 4 is 23.6 Å². The summed E-state index contributed by atoms with van der Waals surface area (Å²) < 4.78 is 0. The smallest absolute Gasteiger partial charge is 0.243 e. The quantitative estimate of drug-likeness (QED) is 0.317. The van der Waals surface area contributed by atoms with E-state index >= 15 is 0 Å². The first-order valence-electron chi connectivity index (χ1n) is 12.3. The molecule has 3 aromatic rings. The van der Waals surface area contributed by atoms with Gasteiger partial charge >= 0.3 is 0 Å². The average molecular weight is 489 g/mol. The maximum Gasteiger partial charge on any atom is 0.243 e. The van der Waals surface area contributed by atoms with E-state index in [4.69, 9.17) is 0 Å². The number of amides is 2. The lowest BCUT2D eigenvalue weighted by atomic mass is 10.0. The molecule has 5 heteroatoms. The van der Waals surface area contributed by atoms with Crippen LogP contribution < -0.4 is 5.32 Å². The van der Waals surface area contributed by atoms with Crippen molar-refractivity contribution in [2.24, 2.45) is 0 Å². The molecule has 0 heterocycles. The van der Waals surface area contributed by atoms with Gasteiger partial charge in [0.2, 0.25) is 11.8 Å². The van der Waals surface area contributed by atoms with E-state index in [-0.39, 0.29) is 17.9 Å². The standard InChI is InChI=1S/C30H36N2O2S/c1-4-24(3)31-30(34)28(21-25-13-7-5-8-14-25)32(22-26-15-11-12-23(2)20-26)29(33)18-19-35-27-16-9-6-10-17-27/h5-17,20,24,28H,4,18-19,21-22H2,1-3H3,(H,31,34)/t24-,28-/m0/s1. The average Bonchev–Trinajstić information content (AvgIpc) is 2.87. The third-order valence-electron chi connectivity index (χ3n) is 6.04. The molecule has 4 nitrogen and oxygen atoms in total. The lowest BCUT2D eigenvalue weighted by Gasteiger charge is -2.32. The van der Waals surface area contributed by atoms with Gasteiger partial charge in [0, 0.05) is 36.1 Å². The number of carbonyl (C=O) groups is 2. The molecule has 0 saturated carbocycles. The molecular formula is C30H36N2O2S. The van der Waals surface area contributed by atoms with Crippen LogP contribution in [-0.2, 0) is 22.6 Å². The number of rotatable bonds is 12. The van der Waals surface area contributed by atoms with E-state index in [1.165, 1.54) is 0 Å². The Morgan fingerprint density at radius 2 is 1.57 bits per heavy atom. The highest BCUT2D eigenvalue weighted by Gasteiger charge is 2.30. The number of thioether (sulfide) groups is 1. The first-order chi connectivity index (χ1) is 17.0. The van der Waals surface area contributed by atoms with E-state index in [1.807, 2.05) is 87.5 Å². The van der Waals surface area contributed by atoms with Crippen LogP contribution in [0.2, 0.25) is 0 Å². The fraction of sp³-hybridized carbons (Fsp3) is 0.333. The number of hydrogen-bond donors (Lipinski definition) is 1. The van der Waals surface area contributed by atoms with Crippen LogP contribution in [0.15, 0.2) is 89.8 Å². The molecule has 1 N–H and O–H groups in total. The predicted molar refractivity (Wildman–Crippen MR) is 145 cm³/mol. The highest BCUT2D eigenvalue weighted by molar-refractivity contribution is 7.99. The lowest BCUT2D eigenvalue weighted by molar-refractivity contribution is -0.141. The molecule has 2 amide bonds. The Balaban J connectivity index is 1.86. The van der Waals surface area contributed by atoms with Crippen molar-refractivity contribution < 1.29 is 9.59 Å². The molecule has 0 bridgehead atoms. The van der Waals surface area contributed by atoms with Gasteiger partial charge in [-0.25, -0.2) is 0 Å². The minimum atomic E-state index is -0.582. The van der Waals surface area contributed by atoms with Gasteiger partial charge in [0.05, 0.1) is 0 Å². The second-order valence-electron chi connectivity index (χ2n) is 8.95. The summed E-state index contributed by atoms with van der Waals surface area (Å²) in [4.78, 5) is 30.1. The second-order valence-corrected chi connectivity index (χ2v) is 10.1. The van der Waals surface area contributed by atoms with Gasteiger partial charge in [0.15, 0.2) is 0 Å². The zero-order valence-corrected chi connectivity index (χ0v) is 21.8. The molecule has 184 valence electrons. The van der Waals surface area contributed by atoms with Crippen LogP contribution in [0, 0.1) is 6.92 Å². The van der Waals surface area contributed by atoms with Gasteiger partial charge in [-0.3, -0.25) is 9.59 Å². The maximum absolute atomic E-state index is 13.6. The van der Waals surface area contributed by atoms with Crippen molar-refractivity contribution in [3.8, 4) is 0 Å². The minimum absolute atomic E-state index is 0.00447. The molecule has 0 unspecified atom stereocenters. The van der Waals surface area contributed by atoms with Crippen LogP contribution in [0.4, 0.5) is 0 Å². The van der Waals surface area contributed by atoms with Crippen LogP contribution >= 0.6 is 11.8 Å². The van der Waals surface area contributed by atoms with Crippen molar-refractivity contribution in [3.63, 3.8) is 0 Å². The van der Waals surface area contributed by atoms with E-state index in [9.17, 15) is 9.59 Å². The Bertz CT molecular complexity index is 1070. The van der Waals surface area contributed by atoms with E-state index in [2.05, 4.69) is 23.5 Å². The molecule has 3 aromatic carbocycles. The Morgan fingerprint density at radius 3 is 2.23 bits per heavy atom. The van der Waals surface area contributed by atoms with Crippen LogP contribution in [0.1, 0.15) is 43.4 Å². The van der Waals surface area contributed by atoms with E-state index in [1.54, 1.807) is 16.7 Å². The molecule has 0 aliphatic carbocycles. The molecular weight excluding hydrogens is 452 g/mol. The SMILES string of the molecule is CC[C@H](C)NC(=O)[C@H](Cc1ccccc1)N(Cc1cccc(C)c1)C(=O)CCSc1ccccc1. The lowest BCUT2D eigenvalue weighted by Crippen LogP contribution is -2.52. The maximum atomic E-state index is 13.6. The molecule has 0 aliphatic rings. The number of benzene rings is 3. The molecule has 3 rings (SSSR count). The number of hydrogen-bond acceptors (Lipinski definition) is 3. The summed E-state index contributed by atoms with van der Waals surface area (Å²) in [5, 5.41) is 3.13. The third-order valence-corrected chi connectivity index (χ3v) is 7.05. The number of nitrogens with one attached hydrogen (secondary N) is 1. The molecule has 0 aliphatic heterocycles.